The van der Waals surface area contributed by atoms with E-state index in [9.17, 15) is 13.2 Å². The van der Waals surface area contributed by atoms with Crippen LogP contribution in [0, 0.1) is 0 Å². The number of para-hydroxylation sites is 1. The number of anilines is 2. The van der Waals surface area contributed by atoms with Gasteiger partial charge in [0.05, 0.1) is 27.3 Å². The van der Waals surface area contributed by atoms with Crippen LogP contribution in [0.3, 0.4) is 0 Å². The maximum Gasteiger partial charge on any atom is 0.264 e. The first kappa shape index (κ1) is 24.6. The van der Waals surface area contributed by atoms with Crippen LogP contribution in [0.25, 0.3) is 10.2 Å². The van der Waals surface area contributed by atoms with E-state index in [4.69, 9.17) is 11.6 Å². The first-order chi connectivity index (χ1) is 18.4. The molecule has 6 nitrogen and oxygen atoms in total. The molecular weight excluding hydrogens is 538 g/mol. The molecule has 5 aromatic rings. The van der Waals surface area contributed by atoms with Gasteiger partial charge in [-0.15, -0.1) is 0 Å². The lowest BCUT2D eigenvalue weighted by atomic mass is 10.1. The van der Waals surface area contributed by atoms with Gasteiger partial charge in [-0.1, -0.05) is 71.5 Å². The maximum absolute atomic E-state index is 13.8. The quantitative estimate of drug-likeness (QED) is 0.236. The summed E-state index contributed by atoms with van der Waals surface area (Å²) in [5, 5.41) is 1.15. The zero-order valence-corrected chi connectivity index (χ0v) is 22.5. The standard InChI is InChI=1S/C29H22ClN3O3S2/c30-23-12-15-25-27(18-23)37-29(31-25)32(19-20-6-2-1-3-7-20)28(34)22-10-13-24(14-11-22)38(35,36)33-17-16-21-8-4-5-9-26(21)33/h1-15,18H,16-17,19H2. The molecule has 6 rings (SSSR count). The molecule has 190 valence electrons. The molecule has 1 aromatic heterocycles. The van der Waals surface area contributed by atoms with Crippen LogP contribution in [-0.2, 0) is 23.0 Å². The molecule has 38 heavy (non-hydrogen) atoms. The van der Waals surface area contributed by atoms with Crippen molar-refractivity contribution < 1.29 is 13.2 Å². The van der Waals surface area contributed by atoms with Crippen molar-refractivity contribution in [3.05, 3.63) is 119 Å². The molecule has 0 saturated carbocycles. The second kappa shape index (κ2) is 9.87. The van der Waals surface area contributed by atoms with E-state index in [2.05, 4.69) is 4.98 Å². The minimum absolute atomic E-state index is 0.148. The number of amides is 1. The van der Waals surface area contributed by atoms with Crippen LogP contribution < -0.4 is 9.21 Å². The van der Waals surface area contributed by atoms with Gasteiger partial charge in [-0.2, -0.15) is 0 Å². The van der Waals surface area contributed by atoms with Gasteiger partial charge in [0.2, 0.25) is 0 Å². The number of hydrogen-bond acceptors (Lipinski definition) is 5. The highest BCUT2D eigenvalue weighted by Crippen LogP contribution is 2.34. The maximum atomic E-state index is 13.8. The van der Waals surface area contributed by atoms with E-state index in [-0.39, 0.29) is 10.8 Å². The zero-order chi connectivity index (χ0) is 26.3. The monoisotopic (exact) mass is 559 g/mol. The number of carbonyl (C=O) groups is 1. The van der Waals surface area contributed by atoms with Gasteiger partial charge < -0.3 is 0 Å². The van der Waals surface area contributed by atoms with E-state index in [0.717, 1.165) is 21.3 Å². The third kappa shape index (κ3) is 4.55. The van der Waals surface area contributed by atoms with E-state index in [1.54, 1.807) is 23.1 Å². The van der Waals surface area contributed by atoms with Gasteiger partial charge in [-0.05, 0) is 66.1 Å². The van der Waals surface area contributed by atoms with Gasteiger partial charge in [0.15, 0.2) is 5.13 Å². The highest BCUT2D eigenvalue weighted by Gasteiger charge is 2.31. The molecule has 0 bridgehead atoms. The molecule has 0 N–H and O–H groups in total. The average molecular weight is 560 g/mol. The lowest BCUT2D eigenvalue weighted by Crippen LogP contribution is -2.31. The minimum Gasteiger partial charge on any atom is -0.279 e. The SMILES string of the molecule is O=C(c1ccc(S(=O)(=O)N2CCc3ccccc32)cc1)N(Cc1ccccc1)c1nc2ccc(Cl)cc2s1. The van der Waals surface area contributed by atoms with Crippen molar-refractivity contribution in [2.45, 2.75) is 17.9 Å². The summed E-state index contributed by atoms with van der Waals surface area (Å²) >= 11 is 7.55. The first-order valence-corrected chi connectivity index (χ1v) is 14.7. The number of carbonyl (C=O) groups excluding carboxylic acids is 1. The molecule has 0 saturated heterocycles. The second-order valence-corrected chi connectivity index (χ2v) is 12.3. The number of benzene rings is 4. The molecule has 0 radical (unpaired) electrons. The third-order valence-corrected chi connectivity index (χ3v) is 9.64. The fourth-order valence-corrected chi connectivity index (χ4v) is 7.35. The topological polar surface area (TPSA) is 70.6 Å². The number of fused-ring (bicyclic) bond motifs is 2. The van der Waals surface area contributed by atoms with E-state index in [1.807, 2.05) is 66.7 Å². The van der Waals surface area contributed by atoms with E-state index in [1.165, 1.54) is 27.8 Å². The lowest BCUT2D eigenvalue weighted by molar-refractivity contribution is 0.0985. The van der Waals surface area contributed by atoms with Gasteiger partial charge in [0.1, 0.15) is 0 Å². The number of nitrogens with zero attached hydrogens (tertiary/aromatic N) is 3. The molecular formula is C29H22ClN3O3S2. The summed E-state index contributed by atoms with van der Waals surface area (Å²) in [4.78, 5) is 20.2. The van der Waals surface area contributed by atoms with Crippen LogP contribution in [0.15, 0.2) is 102 Å². The Morgan fingerprint density at radius 3 is 2.47 bits per heavy atom. The molecule has 0 spiro atoms. The predicted octanol–water partition coefficient (Wildman–Crippen LogP) is 6.55. The molecule has 4 aromatic carbocycles. The summed E-state index contributed by atoms with van der Waals surface area (Å²) in [5.74, 6) is -0.269. The molecule has 0 aliphatic carbocycles. The van der Waals surface area contributed by atoms with Crippen LogP contribution in [-0.4, -0.2) is 25.9 Å². The summed E-state index contributed by atoms with van der Waals surface area (Å²) in [7, 11) is -3.75. The van der Waals surface area contributed by atoms with E-state index < -0.39 is 10.0 Å². The van der Waals surface area contributed by atoms with Crippen LogP contribution >= 0.6 is 22.9 Å². The van der Waals surface area contributed by atoms with Crippen LogP contribution in [0.1, 0.15) is 21.5 Å². The van der Waals surface area contributed by atoms with Gasteiger partial charge in [-0.25, -0.2) is 13.4 Å². The van der Waals surface area contributed by atoms with E-state index in [0.29, 0.717) is 40.9 Å². The lowest BCUT2D eigenvalue weighted by Gasteiger charge is -2.21. The molecule has 0 fully saturated rings. The van der Waals surface area contributed by atoms with Gasteiger partial charge >= 0.3 is 0 Å². The van der Waals surface area contributed by atoms with Crippen LogP contribution in [0.5, 0.6) is 0 Å². The highest BCUT2D eigenvalue weighted by atomic mass is 35.5. The first-order valence-electron chi connectivity index (χ1n) is 12.0. The Labute approximate surface area is 229 Å². The molecule has 9 heteroatoms. The predicted molar refractivity (Wildman–Crippen MR) is 153 cm³/mol. The third-order valence-electron chi connectivity index (χ3n) is 6.53. The van der Waals surface area contributed by atoms with Gasteiger partial charge in [0.25, 0.3) is 15.9 Å². The molecule has 2 heterocycles. The van der Waals surface area contributed by atoms with Crippen LogP contribution in [0.2, 0.25) is 5.02 Å². The Hall–Kier alpha value is -3.72. The number of aromatic nitrogens is 1. The van der Waals surface area contributed by atoms with Crippen molar-refractivity contribution in [2.24, 2.45) is 0 Å². The Morgan fingerprint density at radius 1 is 0.947 bits per heavy atom. The Bertz CT molecular complexity index is 1750. The van der Waals surface area contributed by atoms with Gasteiger partial charge in [-0.3, -0.25) is 14.0 Å². The van der Waals surface area contributed by atoms with Gasteiger partial charge in [0, 0.05) is 17.1 Å². The number of thiazole rings is 1. The number of rotatable bonds is 6. The van der Waals surface area contributed by atoms with E-state index >= 15 is 0 Å². The molecule has 1 amide bonds. The van der Waals surface area contributed by atoms with Crippen molar-refractivity contribution in [1.82, 2.24) is 4.98 Å². The summed E-state index contributed by atoms with van der Waals surface area (Å²) in [5.41, 5.74) is 3.80. The van der Waals surface area contributed by atoms with Crippen molar-refractivity contribution in [3.8, 4) is 0 Å². The van der Waals surface area contributed by atoms with Crippen molar-refractivity contribution >= 4 is 59.9 Å². The summed E-state index contributed by atoms with van der Waals surface area (Å²) in [6.45, 7) is 0.715. The van der Waals surface area contributed by atoms with Crippen molar-refractivity contribution in [2.75, 3.05) is 15.7 Å². The summed E-state index contributed by atoms with van der Waals surface area (Å²) in [6, 6.07) is 28.8. The molecule has 0 atom stereocenters. The number of sulfonamides is 1. The Balaban J connectivity index is 1.32. The average Bonchev–Trinajstić information content (AvgIpc) is 3.56. The van der Waals surface area contributed by atoms with Crippen molar-refractivity contribution in [3.63, 3.8) is 0 Å². The zero-order valence-electron chi connectivity index (χ0n) is 20.1. The molecule has 1 aliphatic rings. The molecule has 1 aliphatic heterocycles. The normalized spacial score (nSPS) is 13.0. The van der Waals surface area contributed by atoms with Crippen molar-refractivity contribution in [1.29, 1.82) is 0 Å². The largest absolute Gasteiger partial charge is 0.279 e. The second-order valence-electron chi connectivity index (χ2n) is 8.97. The number of halogens is 1. The number of hydrogen-bond donors (Lipinski definition) is 0. The Morgan fingerprint density at radius 2 is 1.68 bits per heavy atom. The summed E-state index contributed by atoms with van der Waals surface area (Å²) < 4.78 is 29.1. The molecule has 0 unspecified atom stereocenters. The fraction of sp³-hybridized carbons (Fsp3) is 0.103. The highest BCUT2D eigenvalue weighted by molar-refractivity contribution is 7.92. The Kier molecular flexibility index (Phi) is 6.39. The smallest absolute Gasteiger partial charge is 0.264 e. The minimum atomic E-state index is -3.75. The van der Waals surface area contributed by atoms with Crippen LogP contribution in [0.4, 0.5) is 10.8 Å². The fourth-order valence-electron chi connectivity index (χ4n) is 4.60. The summed E-state index contributed by atoms with van der Waals surface area (Å²) in [6.07, 6.45) is 0.674.